The lowest BCUT2D eigenvalue weighted by molar-refractivity contribution is -0.137. The highest BCUT2D eigenvalue weighted by Gasteiger charge is 2.33. The molecule has 0 saturated carbocycles. The fourth-order valence-corrected chi connectivity index (χ4v) is 2.41. The molecule has 1 aromatic carbocycles. The van der Waals surface area contributed by atoms with Gasteiger partial charge in [-0.2, -0.15) is 13.2 Å². The van der Waals surface area contributed by atoms with Crippen molar-refractivity contribution in [2.24, 2.45) is 0 Å². The fraction of sp³-hybridized carbons (Fsp3) is 0.588. The molecule has 1 amide bonds. The largest absolute Gasteiger partial charge is 0.416 e. The standard InChI is InChI=1S/C17H25F3N2O2/c1-15(2,3)21-14(23)10-22(5)11-16(4,24)12-7-6-8-13(9-12)17(18,19)20/h6-9,24H,10-11H2,1-5H3,(H,21,23). The van der Waals surface area contributed by atoms with Gasteiger partial charge in [-0.05, 0) is 52.4 Å². The number of halogens is 3. The SMILES string of the molecule is CN(CC(=O)NC(C)(C)C)CC(C)(O)c1cccc(C(F)(F)F)c1. The summed E-state index contributed by atoms with van der Waals surface area (Å²) in [5.74, 6) is -0.218. The van der Waals surface area contributed by atoms with E-state index in [0.717, 1.165) is 12.1 Å². The zero-order valence-corrected chi connectivity index (χ0v) is 14.7. The topological polar surface area (TPSA) is 52.6 Å². The first-order valence-corrected chi connectivity index (χ1v) is 7.60. The van der Waals surface area contributed by atoms with Crippen LogP contribution in [-0.4, -0.2) is 41.6 Å². The summed E-state index contributed by atoms with van der Waals surface area (Å²) in [6, 6.07) is 4.60. The number of nitrogens with zero attached hydrogens (tertiary/aromatic N) is 1. The van der Waals surface area contributed by atoms with E-state index in [-0.39, 0.29) is 30.1 Å². The molecule has 4 nitrogen and oxygen atoms in total. The van der Waals surface area contributed by atoms with Gasteiger partial charge in [-0.15, -0.1) is 0 Å². The second-order valence-electron chi connectivity index (χ2n) is 7.32. The van der Waals surface area contributed by atoms with E-state index in [2.05, 4.69) is 5.32 Å². The highest BCUT2D eigenvalue weighted by molar-refractivity contribution is 5.78. The third-order valence-electron chi connectivity index (χ3n) is 3.32. The summed E-state index contributed by atoms with van der Waals surface area (Å²) in [5, 5.41) is 13.3. The maximum absolute atomic E-state index is 12.8. The normalized spacial score (nSPS) is 15.2. The van der Waals surface area contributed by atoms with Gasteiger partial charge in [0.05, 0.1) is 17.7 Å². The summed E-state index contributed by atoms with van der Waals surface area (Å²) in [6.45, 7) is 7.04. The molecule has 7 heteroatoms. The molecule has 2 N–H and O–H groups in total. The highest BCUT2D eigenvalue weighted by Crippen LogP contribution is 2.32. The molecular weight excluding hydrogens is 321 g/mol. The van der Waals surface area contributed by atoms with Crippen molar-refractivity contribution in [3.05, 3.63) is 35.4 Å². The van der Waals surface area contributed by atoms with E-state index in [4.69, 9.17) is 0 Å². The zero-order valence-electron chi connectivity index (χ0n) is 14.7. The van der Waals surface area contributed by atoms with Crippen LogP contribution in [0.2, 0.25) is 0 Å². The average molecular weight is 346 g/mol. The highest BCUT2D eigenvalue weighted by atomic mass is 19.4. The Labute approximate surface area is 140 Å². The van der Waals surface area contributed by atoms with E-state index in [1.54, 1.807) is 11.9 Å². The van der Waals surface area contributed by atoms with Gasteiger partial charge >= 0.3 is 6.18 Å². The Morgan fingerprint density at radius 3 is 2.21 bits per heavy atom. The van der Waals surface area contributed by atoms with Gasteiger partial charge in [0.15, 0.2) is 0 Å². The first-order chi connectivity index (χ1) is 10.7. The van der Waals surface area contributed by atoms with Gasteiger partial charge in [0, 0.05) is 12.1 Å². The van der Waals surface area contributed by atoms with Gasteiger partial charge in [-0.1, -0.05) is 12.1 Å². The van der Waals surface area contributed by atoms with E-state index in [1.165, 1.54) is 19.1 Å². The predicted molar refractivity (Wildman–Crippen MR) is 86.4 cm³/mol. The Morgan fingerprint density at radius 1 is 1.17 bits per heavy atom. The number of hydrogen-bond donors (Lipinski definition) is 2. The monoisotopic (exact) mass is 346 g/mol. The molecule has 1 rings (SSSR count). The van der Waals surface area contributed by atoms with Crippen LogP contribution in [0.15, 0.2) is 24.3 Å². The molecule has 0 aliphatic heterocycles. The van der Waals surface area contributed by atoms with Crippen LogP contribution in [0.4, 0.5) is 13.2 Å². The second-order valence-corrected chi connectivity index (χ2v) is 7.32. The summed E-state index contributed by atoms with van der Waals surface area (Å²) >= 11 is 0. The lowest BCUT2D eigenvalue weighted by Gasteiger charge is -2.30. The Morgan fingerprint density at radius 2 is 1.71 bits per heavy atom. The second kappa shape index (κ2) is 7.11. The van der Waals surface area contributed by atoms with Gasteiger partial charge in [0.25, 0.3) is 0 Å². The van der Waals surface area contributed by atoms with Gasteiger partial charge in [-0.25, -0.2) is 0 Å². The molecule has 0 aliphatic rings. The maximum Gasteiger partial charge on any atom is 0.416 e. The van der Waals surface area contributed by atoms with Crippen molar-refractivity contribution in [2.75, 3.05) is 20.1 Å². The lowest BCUT2D eigenvalue weighted by atomic mass is 9.93. The van der Waals surface area contributed by atoms with Crippen LogP contribution in [0, 0.1) is 0 Å². The van der Waals surface area contributed by atoms with Crippen LogP contribution in [-0.2, 0) is 16.6 Å². The molecule has 1 unspecified atom stereocenters. The zero-order chi connectivity index (χ0) is 18.8. The van der Waals surface area contributed by atoms with Crippen LogP contribution in [0.5, 0.6) is 0 Å². The van der Waals surface area contributed by atoms with Gasteiger partial charge in [0.1, 0.15) is 0 Å². The van der Waals surface area contributed by atoms with Crippen molar-refractivity contribution in [3.8, 4) is 0 Å². The molecule has 0 radical (unpaired) electrons. The van der Waals surface area contributed by atoms with Crippen molar-refractivity contribution in [1.29, 1.82) is 0 Å². The third kappa shape index (κ3) is 6.49. The molecular formula is C17H25F3N2O2. The molecule has 0 bridgehead atoms. The van der Waals surface area contributed by atoms with E-state index in [1.807, 2.05) is 20.8 Å². The summed E-state index contributed by atoms with van der Waals surface area (Å²) in [6.07, 6.45) is -4.47. The average Bonchev–Trinajstić information content (AvgIpc) is 2.34. The van der Waals surface area contributed by atoms with Crippen LogP contribution in [0.25, 0.3) is 0 Å². The lowest BCUT2D eigenvalue weighted by Crippen LogP contribution is -2.47. The Balaban J connectivity index is 2.80. The number of alkyl halides is 3. The minimum Gasteiger partial charge on any atom is -0.384 e. The molecule has 1 atom stereocenters. The number of hydrogen-bond acceptors (Lipinski definition) is 3. The van der Waals surface area contributed by atoms with E-state index < -0.39 is 17.3 Å². The number of nitrogens with one attached hydrogen (secondary N) is 1. The van der Waals surface area contributed by atoms with Crippen molar-refractivity contribution >= 4 is 5.91 Å². The summed E-state index contributed by atoms with van der Waals surface area (Å²) in [4.78, 5) is 13.5. The summed E-state index contributed by atoms with van der Waals surface area (Å²) in [7, 11) is 1.63. The molecule has 0 spiro atoms. The van der Waals surface area contributed by atoms with Gasteiger partial charge in [-0.3, -0.25) is 9.69 Å². The molecule has 24 heavy (non-hydrogen) atoms. The number of benzene rings is 1. The van der Waals surface area contributed by atoms with Crippen LogP contribution in [0.1, 0.15) is 38.8 Å². The first-order valence-electron chi connectivity index (χ1n) is 7.60. The van der Waals surface area contributed by atoms with E-state index in [0.29, 0.717) is 0 Å². The number of carbonyl (C=O) groups excluding carboxylic acids is 1. The molecule has 136 valence electrons. The molecule has 0 fully saturated rings. The molecule has 0 saturated heterocycles. The smallest absolute Gasteiger partial charge is 0.384 e. The number of amides is 1. The third-order valence-corrected chi connectivity index (χ3v) is 3.32. The van der Waals surface area contributed by atoms with Crippen molar-refractivity contribution in [3.63, 3.8) is 0 Å². The number of aliphatic hydroxyl groups is 1. The van der Waals surface area contributed by atoms with Crippen LogP contribution in [0.3, 0.4) is 0 Å². The minimum absolute atomic E-state index is 0.0197. The van der Waals surface area contributed by atoms with Gasteiger partial charge in [0.2, 0.25) is 5.91 Å². The minimum atomic E-state index is -4.47. The number of carbonyl (C=O) groups is 1. The van der Waals surface area contributed by atoms with Crippen molar-refractivity contribution < 1.29 is 23.1 Å². The quantitative estimate of drug-likeness (QED) is 0.862. The van der Waals surface area contributed by atoms with Crippen LogP contribution < -0.4 is 5.32 Å². The molecule has 0 aliphatic carbocycles. The van der Waals surface area contributed by atoms with Gasteiger partial charge < -0.3 is 10.4 Å². The van der Waals surface area contributed by atoms with Crippen molar-refractivity contribution in [1.82, 2.24) is 10.2 Å². The molecule has 1 aromatic rings. The Bertz CT molecular complexity index is 578. The van der Waals surface area contributed by atoms with Crippen LogP contribution >= 0.6 is 0 Å². The fourth-order valence-electron chi connectivity index (χ4n) is 2.41. The maximum atomic E-state index is 12.8. The van der Waals surface area contributed by atoms with E-state index >= 15 is 0 Å². The Kier molecular flexibility index (Phi) is 6.05. The predicted octanol–water partition coefficient (Wildman–Crippen LogP) is 2.76. The molecule has 0 aromatic heterocycles. The summed E-state index contributed by atoms with van der Waals surface area (Å²) < 4.78 is 38.4. The number of rotatable bonds is 5. The van der Waals surface area contributed by atoms with Crippen molar-refractivity contribution in [2.45, 2.75) is 45.0 Å². The Hall–Kier alpha value is -1.60. The summed E-state index contributed by atoms with van der Waals surface area (Å²) in [5.41, 5.74) is -2.55. The first kappa shape index (κ1) is 20.4. The molecule has 0 heterocycles. The van der Waals surface area contributed by atoms with E-state index in [9.17, 15) is 23.1 Å². The number of likely N-dealkylation sites (N-methyl/N-ethyl adjacent to an activating group) is 1.